The molecule has 4 fully saturated rings. The molecule has 2 N–H and O–H groups in total. The van der Waals surface area contributed by atoms with E-state index in [-0.39, 0.29) is 11.4 Å². The lowest BCUT2D eigenvalue weighted by Crippen LogP contribution is -2.54. The van der Waals surface area contributed by atoms with Crippen LogP contribution in [0.2, 0.25) is 0 Å². The SMILES string of the molecule is Cc1cc(C)nc(SCC(=O)Nc2ccccc2NC23CC4CC(CC(C4)C2)C3)n1. The molecule has 0 atom stereocenters. The summed E-state index contributed by atoms with van der Waals surface area (Å²) in [5.41, 5.74) is 4.00. The van der Waals surface area contributed by atoms with Gasteiger partial charge in [0.1, 0.15) is 0 Å². The van der Waals surface area contributed by atoms with E-state index < -0.39 is 0 Å². The van der Waals surface area contributed by atoms with Crippen LogP contribution in [0, 0.1) is 31.6 Å². The monoisotopic (exact) mass is 422 g/mol. The van der Waals surface area contributed by atoms with Gasteiger partial charge in [-0.15, -0.1) is 0 Å². The predicted molar refractivity (Wildman–Crippen MR) is 122 cm³/mol. The number of aromatic nitrogens is 2. The molecule has 158 valence electrons. The lowest BCUT2D eigenvalue weighted by Gasteiger charge is -2.57. The largest absolute Gasteiger partial charge is 0.378 e. The Bertz CT molecular complexity index is 904. The fourth-order valence-corrected chi connectivity index (χ4v) is 7.07. The summed E-state index contributed by atoms with van der Waals surface area (Å²) in [6, 6.07) is 10.1. The van der Waals surface area contributed by atoms with Gasteiger partial charge in [-0.2, -0.15) is 0 Å². The molecule has 1 heterocycles. The van der Waals surface area contributed by atoms with Crippen LogP contribution in [0.1, 0.15) is 49.9 Å². The van der Waals surface area contributed by atoms with E-state index in [0.717, 1.165) is 40.5 Å². The first-order valence-electron chi connectivity index (χ1n) is 11.1. The van der Waals surface area contributed by atoms with Crippen LogP contribution in [0.3, 0.4) is 0 Å². The summed E-state index contributed by atoms with van der Waals surface area (Å²) >= 11 is 1.38. The number of rotatable bonds is 6. The first kappa shape index (κ1) is 19.9. The summed E-state index contributed by atoms with van der Waals surface area (Å²) in [7, 11) is 0. The van der Waals surface area contributed by atoms with Crippen LogP contribution in [0.25, 0.3) is 0 Å². The molecule has 4 bridgehead atoms. The highest BCUT2D eigenvalue weighted by molar-refractivity contribution is 7.99. The maximum Gasteiger partial charge on any atom is 0.234 e. The van der Waals surface area contributed by atoms with Crippen LogP contribution in [-0.4, -0.2) is 27.2 Å². The summed E-state index contributed by atoms with van der Waals surface area (Å²) < 4.78 is 0. The summed E-state index contributed by atoms with van der Waals surface area (Å²) in [4.78, 5) is 21.5. The topological polar surface area (TPSA) is 66.9 Å². The van der Waals surface area contributed by atoms with E-state index in [0.29, 0.717) is 10.9 Å². The number of nitrogens with zero attached hydrogens (tertiary/aromatic N) is 2. The standard InChI is InChI=1S/C24H30N4OS/c1-15-7-16(2)26-23(25-15)30-14-22(29)27-20-5-3-4-6-21(20)28-24-11-17-8-18(12-24)10-19(9-17)13-24/h3-7,17-19,28H,8-14H2,1-2H3,(H,27,29). The number of hydrogen-bond acceptors (Lipinski definition) is 5. The van der Waals surface area contributed by atoms with E-state index in [2.05, 4.69) is 32.7 Å². The van der Waals surface area contributed by atoms with Crippen LogP contribution in [0.5, 0.6) is 0 Å². The number of carbonyl (C=O) groups excluding carboxylic acids is 1. The van der Waals surface area contributed by atoms with Gasteiger partial charge in [-0.25, -0.2) is 9.97 Å². The minimum Gasteiger partial charge on any atom is -0.378 e. The van der Waals surface area contributed by atoms with Crippen molar-refractivity contribution >= 4 is 29.0 Å². The second-order valence-corrected chi connectivity index (χ2v) is 10.6. The number of hydrogen-bond donors (Lipinski definition) is 2. The Morgan fingerprint density at radius 3 is 2.17 bits per heavy atom. The van der Waals surface area contributed by atoms with Crippen molar-refractivity contribution in [1.82, 2.24) is 9.97 Å². The summed E-state index contributed by atoms with van der Waals surface area (Å²) in [6.45, 7) is 3.90. The van der Waals surface area contributed by atoms with Gasteiger partial charge in [0, 0.05) is 16.9 Å². The van der Waals surface area contributed by atoms with Crippen molar-refractivity contribution in [2.45, 2.75) is 63.1 Å². The minimum atomic E-state index is -0.0254. The van der Waals surface area contributed by atoms with Gasteiger partial charge in [-0.3, -0.25) is 4.79 Å². The third kappa shape index (κ3) is 4.20. The highest BCUT2D eigenvalue weighted by Crippen LogP contribution is 2.56. The number of benzene rings is 1. The van der Waals surface area contributed by atoms with Crippen molar-refractivity contribution in [3.63, 3.8) is 0 Å². The molecular formula is C24H30N4OS. The third-order valence-corrected chi connectivity index (χ3v) is 7.78. The fraction of sp³-hybridized carbons (Fsp3) is 0.542. The number of aryl methyl sites for hydroxylation is 2. The van der Waals surface area contributed by atoms with Crippen LogP contribution >= 0.6 is 11.8 Å². The number of nitrogens with one attached hydrogen (secondary N) is 2. The number of anilines is 2. The summed E-state index contributed by atoms with van der Waals surface area (Å²) in [5.74, 6) is 2.94. The van der Waals surface area contributed by atoms with Crippen LogP contribution in [0.4, 0.5) is 11.4 Å². The Balaban J connectivity index is 1.25. The lowest BCUT2D eigenvalue weighted by molar-refractivity contribution is -0.113. The number of amides is 1. The van der Waals surface area contributed by atoms with Crippen LogP contribution in [0.15, 0.2) is 35.5 Å². The zero-order valence-electron chi connectivity index (χ0n) is 17.8. The van der Waals surface area contributed by atoms with Crippen molar-refractivity contribution in [3.8, 4) is 0 Å². The number of para-hydroxylation sites is 2. The fourth-order valence-electron chi connectivity index (χ4n) is 6.33. The quantitative estimate of drug-likeness (QED) is 0.494. The molecule has 2 aromatic rings. The van der Waals surface area contributed by atoms with Gasteiger partial charge in [0.2, 0.25) is 5.91 Å². The van der Waals surface area contributed by atoms with Crippen LogP contribution in [-0.2, 0) is 4.79 Å². The van der Waals surface area contributed by atoms with E-state index >= 15 is 0 Å². The molecule has 0 spiro atoms. The molecule has 5 nitrogen and oxygen atoms in total. The van der Waals surface area contributed by atoms with E-state index in [1.807, 2.05) is 32.0 Å². The van der Waals surface area contributed by atoms with E-state index in [1.54, 1.807) is 0 Å². The maximum atomic E-state index is 12.7. The normalized spacial score (nSPS) is 29.1. The molecule has 0 unspecified atom stereocenters. The average molecular weight is 423 g/mol. The molecule has 0 aliphatic heterocycles. The second kappa shape index (κ2) is 7.88. The average Bonchev–Trinajstić information content (AvgIpc) is 2.66. The molecule has 1 amide bonds. The van der Waals surface area contributed by atoms with E-state index in [9.17, 15) is 4.79 Å². The smallest absolute Gasteiger partial charge is 0.234 e. The summed E-state index contributed by atoms with van der Waals surface area (Å²) in [6.07, 6.45) is 8.12. The Labute approximate surface area is 182 Å². The van der Waals surface area contributed by atoms with Gasteiger partial charge in [0.25, 0.3) is 0 Å². The van der Waals surface area contributed by atoms with Crippen LogP contribution < -0.4 is 10.6 Å². The van der Waals surface area contributed by atoms with Gasteiger partial charge < -0.3 is 10.6 Å². The molecule has 4 aliphatic rings. The van der Waals surface area contributed by atoms with Crippen molar-refractivity contribution < 1.29 is 4.79 Å². The van der Waals surface area contributed by atoms with Gasteiger partial charge in [0.05, 0.1) is 17.1 Å². The number of carbonyl (C=O) groups is 1. The highest BCUT2D eigenvalue weighted by Gasteiger charge is 2.51. The molecule has 6 heteroatoms. The molecule has 1 aromatic carbocycles. The van der Waals surface area contributed by atoms with Gasteiger partial charge in [-0.05, 0) is 88.3 Å². The zero-order valence-corrected chi connectivity index (χ0v) is 18.6. The molecule has 1 aromatic heterocycles. The predicted octanol–water partition coefficient (Wildman–Crippen LogP) is 5.20. The molecule has 30 heavy (non-hydrogen) atoms. The van der Waals surface area contributed by atoms with E-state index in [1.165, 1.54) is 50.3 Å². The highest BCUT2D eigenvalue weighted by atomic mass is 32.2. The third-order valence-electron chi connectivity index (χ3n) is 6.93. The van der Waals surface area contributed by atoms with Crippen molar-refractivity contribution in [3.05, 3.63) is 41.7 Å². The molecule has 4 saturated carbocycles. The Morgan fingerprint density at radius 1 is 1.00 bits per heavy atom. The summed E-state index contributed by atoms with van der Waals surface area (Å²) in [5, 5.41) is 7.67. The zero-order chi connectivity index (χ0) is 20.7. The number of thioether (sulfide) groups is 1. The first-order valence-corrected chi connectivity index (χ1v) is 12.1. The lowest BCUT2D eigenvalue weighted by atomic mass is 9.53. The second-order valence-electron chi connectivity index (χ2n) is 9.64. The molecular weight excluding hydrogens is 392 g/mol. The van der Waals surface area contributed by atoms with Gasteiger partial charge in [0.15, 0.2) is 5.16 Å². The Hall–Kier alpha value is -2.08. The van der Waals surface area contributed by atoms with E-state index in [4.69, 9.17) is 0 Å². The molecule has 0 saturated heterocycles. The van der Waals surface area contributed by atoms with Gasteiger partial charge in [-0.1, -0.05) is 23.9 Å². The molecule has 4 aliphatic carbocycles. The maximum absolute atomic E-state index is 12.7. The minimum absolute atomic E-state index is 0.0254. The van der Waals surface area contributed by atoms with Crippen molar-refractivity contribution in [1.29, 1.82) is 0 Å². The van der Waals surface area contributed by atoms with Gasteiger partial charge >= 0.3 is 0 Å². The van der Waals surface area contributed by atoms with Crippen molar-refractivity contribution in [2.24, 2.45) is 17.8 Å². The first-order chi connectivity index (χ1) is 14.5. The molecule has 6 rings (SSSR count). The Morgan fingerprint density at radius 2 is 1.57 bits per heavy atom. The molecule has 0 radical (unpaired) electrons. The Kier molecular flexibility index (Phi) is 5.21. The van der Waals surface area contributed by atoms with Crippen molar-refractivity contribution in [2.75, 3.05) is 16.4 Å².